The van der Waals surface area contributed by atoms with Crippen molar-refractivity contribution in [2.45, 2.75) is 19.9 Å². The molecule has 0 radical (unpaired) electrons. The third-order valence-electron chi connectivity index (χ3n) is 5.08. The second kappa shape index (κ2) is 7.92. The summed E-state index contributed by atoms with van der Waals surface area (Å²) in [5.41, 5.74) is 1.02. The van der Waals surface area contributed by atoms with Gasteiger partial charge in [0.2, 0.25) is 0 Å². The van der Waals surface area contributed by atoms with E-state index in [-0.39, 0.29) is 16.9 Å². The van der Waals surface area contributed by atoms with Crippen molar-refractivity contribution in [2.24, 2.45) is 0 Å². The normalized spacial score (nSPS) is 17.9. The first-order valence-corrected chi connectivity index (χ1v) is 10.1. The monoisotopic (exact) mass is 439 g/mol. The van der Waals surface area contributed by atoms with E-state index >= 15 is 0 Å². The van der Waals surface area contributed by atoms with E-state index in [0.29, 0.717) is 10.7 Å². The Kier molecular flexibility index (Phi) is 5.28. The number of carbonyl (C=O) groups excluding carboxylic acids is 2. The van der Waals surface area contributed by atoms with Crippen molar-refractivity contribution < 1.29 is 23.8 Å². The lowest BCUT2D eigenvalue weighted by Crippen LogP contribution is -2.29. The number of carbonyl (C=O) groups is 2. The van der Waals surface area contributed by atoms with Crippen molar-refractivity contribution in [3.63, 3.8) is 0 Å². The van der Waals surface area contributed by atoms with Gasteiger partial charge in [0.1, 0.15) is 17.3 Å². The number of benzene rings is 1. The summed E-state index contributed by atoms with van der Waals surface area (Å²) in [6.07, 6.45) is 3.07. The van der Waals surface area contributed by atoms with Gasteiger partial charge in [-0.3, -0.25) is 19.5 Å². The zero-order valence-corrected chi connectivity index (χ0v) is 17.7. The highest BCUT2D eigenvalue weighted by molar-refractivity contribution is 7.16. The standard InChI is InChI=1S/C22H18FN3O4S/c1-11-12(2)31-22(25-11)26-18(13-5-4-8-24-10-13)17(20(28)21(26)29)19(27)15-9-14(23)6-7-16(15)30-3/h4-10,18,27H,1-3H3/b19-17+/t18-/m0/s1. The molecule has 0 aliphatic carbocycles. The first kappa shape index (κ1) is 20.7. The van der Waals surface area contributed by atoms with Gasteiger partial charge in [0.25, 0.3) is 5.78 Å². The molecular formula is C22H18FN3O4S. The summed E-state index contributed by atoms with van der Waals surface area (Å²) in [5, 5.41) is 11.4. The van der Waals surface area contributed by atoms with E-state index in [4.69, 9.17) is 4.74 Å². The predicted molar refractivity (Wildman–Crippen MR) is 114 cm³/mol. The highest BCUT2D eigenvalue weighted by Gasteiger charge is 2.48. The quantitative estimate of drug-likeness (QED) is 0.376. The molecule has 7 nitrogen and oxygen atoms in total. The number of methoxy groups -OCH3 is 1. The summed E-state index contributed by atoms with van der Waals surface area (Å²) >= 11 is 1.27. The summed E-state index contributed by atoms with van der Waals surface area (Å²) in [7, 11) is 1.36. The molecule has 2 aromatic heterocycles. The first-order chi connectivity index (χ1) is 14.8. The summed E-state index contributed by atoms with van der Waals surface area (Å²) in [6.45, 7) is 3.67. The topological polar surface area (TPSA) is 92.6 Å². The molecule has 9 heteroatoms. The number of aryl methyl sites for hydroxylation is 2. The Morgan fingerprint density at radius 2 is 2.03 bits per heavy atom. The van der Waals surface area contributed by atoms with Gasteiger partial charge in [-0.2, -0.15) is 0 Å². The highest BCUT2D eigenvalue weighted by atomic mass is 32.1. The van der Waals surface area contributed by atoms with Crippen LogP contribution in [-0.4, -0.2) is 33.9 Å². The number of nitrogens with zero attached hydrogens (tertiary/aromatic N) is 3. The molecule has 158 valence electrons. The van der Waals surface area contributed by atoms with Crippen LogP contribution in [0, 0.1) is 19.7 Å². The Morgan fingerprint density at radius 1 is 1.26 bits per heavy atom. The van der Waals surface area contributed by atoms with E-state index in [1.54, 1.807) is 18.3 Å². The summed E-state index contributed by atoms with van der Waals surface area (Å²) in [6, 6.07) is 5.95. The van der Waals surface area contributed by atoms with Crippen LogP contribution in [0.5, 0.6) is 5.75 Å². The lowest BCUT2D eigenvalue weighted by Gasteiger charge is -2.22. The predicted octanol–water partition coefficient (Wildman–Crippen LogP) is 3.93. The van der Waals surface area contributed by atoms with Crippen LogP contribution in [0.15, 0.2) is 48.3 Å². The molecule has 0 spiro atoms. The van der Waals surface area contributed by atoms with Gasteiger partial charge < -0.3 is 9.84 Å². The number of thiazole rings is 1. The molecule has 1 aliphatic rings. The fourth-order valence-electron chi connectivity index (χ4n) is 3.45. The number of Topliss-reactive ketones (excluding diaryl/α,β-unsaturated/α-hetero) is 1. The maximum Gasteiger partial charge on any atom is 0.301 e. The van der Waals surface area contributed by atoms with Crippen molar-refractivity contribution in [1.82, 2.24) is 9.97 Å². The number of halogens is 1. The molecule has 1 atom stereocenters. The molecule has 1 amide bonds. The number of aromatic nitrogens is 2. The number of ketones is 1. The molecule has 3 heterocycles. The van der Waals surface area contributed by atoms with E-state index in [1.807, 2.05) is 13.8 Å². The second-order valence-electron chi connectivity index (χ2n) is 6.94. The Morgan fingerprint density at radius 3 is 2.65 bits per heavy atom. The van der Waals surface area contributed by atoms with Crippen LogP contribution in [0.1, 0.15) is 27.7 Å². The van der Waals surface area contributed by atoms with Gasteiger partial charge in [0.15, 0.2) is 5.13 Å². The fraction of sp³-hybridized carbons (Fsp3) is 0.182. The Labute approximate surface area is 181 Å². The second-order valence-corrected chi connectivity index (χ2v) is 8.12. The molecule has 3 aromatic rings. The zero-order chi connectivity index (χ0) is 22.3. The van der Waals surface area contributed by atoms with Gasteiger partial charge in [0, 0.05) is 17.3 Å². The molecule has 4 rings (SSSR count). The summed E-state index contributed by atoms with van der Waals surface area (Å²) < 4.78 is 19.2. The van der Waals surface area contributed by atoms with Crippen LogP contribution in [0.3, 0.4) is 0 Å². The van der Waals surface area contributed by atoms with E-state index < -0.39 is 29.3 Å². The van der Waals surface area contributed by atoms with Crippen LogP contribution >= 0.6 is 11.3 Å². The van der Waals surface area contributed by atoms with E-state index in [1.165, 1.54) is 41.7 Å². The Hall–Kier alpha value is -3.59. The van der Waals surface area contributed by atoms with E-state index in [0.717, 1.165) is 16.6 Å². The molecule has 1 fully saturated rings. The maximum absolute atomic E-state index is 13.9. The number of ether oxygens (including phenoxy) is 1. The highest BCUT2D eigenvalue weighted by Crippen LogP contribution is 2.44. The SMILES string of the molecule is COc1ccc(F)cc1/C(O)=C1\C(=O)C(=O)N(c2nc(C)c(C)s2)[C@H]1c1cccnc1. The number of rotatable bonds is 4. The molecule has 0 saturated carbocycles. The third-order valence-corrected chi connectivity index (χ3v) is 6.16. The number of hydrogen-bond donors (Lipinski definition) is 1. The van der Waals surface area contributed by atoms with Gasteiger partial charge >= 0.3 is 5.91 Å². The van der Waals surface area contributed by atoms with E-state index in [9.17, 15) is 19.1 Å². The number of anilines is 1. The van der Waals surface area contributed by atoms with Crippen LogP contribution in [0.25, 0.3) is 5.76 Å². The van der Waals surface area contributed by atoms with Crippen LogP contribution in [0.4, 0.5) is 9.52 Å². The Balaban J connectivity index is 1.98. The molecule has 1 saturated heterocycles. The minimum absolute atomic E-state index is 0.0270. The lowest BCUT2D eigenvalue weighted by atomic mass is 9.96. The van der Waals surface area contributed by atoms with Crippen molar-refractivity contribution >= 4 is 33.9 Å². The van der Waals surface area contributed by atoms with Crippen LogP contribution < -0.4 is 9.64 Å². The van der Waals surface area contributed by atoms with Crippen molar-refractivity contribution in [1.29, 1.82) is 0 Å². The number of amides is 1. The smallest absolute Gasteiger partial charge is 0.301 e. The molecule has 31 heavy (non-hydrogen) atoms. The molecule has 1 N–H and O–H groups in total. The number of hydrogen-bond acceptors (Lipinski definition) is 7. The van der Waals surface area contributed by atoms with Gasteiger partial charge in [-0.15, -0.1) is 11.3 Å². The van der Waals surface area contributed by atoms with Crippen molar-refractivity contribution in [3.05, 3.63) is 75.8 Å². The zero-order valence-electron chi connectivity index (χ0n) is 16.9. The molecule has 0 bridgehead atoms. The van der Waals surface area contributed by atoms with Crippen LogP contribution in [0.2, 0.25) is 0 Å². The average molecular weight is 439 g/mol. The molecule has 1 aliphatic heterocycles. The van der Waals surface area contributed by atoms with Crippen molar-refractivity contribution in [2.75, 3.05) is 12.0 Å². The van der Waals surface area contributed by atoms with Crippen molar-refractivity contribution in [3.8, 4) is 5.75 Å². The van der Waals surface area contributed by atoms with Gasteiger partial charge in [-0.25, -0.2) is 9.37 Å². The lowest BCUT2D eigenvalue weighted by molar-refractivity contribution is -0.132. The fourth-order valence-corrected chi connectivity index (χ4v) is 4.39. The molecule has 1 aromatic carbocycles. The summed E-state index contributed by atoms with van der Waals surface area (Å²) in [4.78, 5) is 36.8. The minimum atomic E-state index is -0.980. The first-order valence-electron chi connectivity index (χ1n) is 9.32. The van der Waals surface area contributed by atoms with E-state index in [2.05, 4.69) is 9.97 Å². The number of aliphatic hydroxyl groups is 1. The van der Waals surface area contributed by atoms with Gasteiger partial charge in [-0.1, -0.05) is 6.07 Å². The number of pyridine rings is 1. The largest absolute Gasteiger partial charge is 0.507 e. The Bertz CT molecular complexity index is 1200. The average Bonchev–Trinajstić information content (AvgIpc) is 3.23. The third kappa shape index (κ3) is 3.46. The molecular weight excluding hydrogens is 421 g/mol. The minimum Gasteiger partial charge on any atom is -0.507 e. The summed E-state index contributed by atoms with van der Waals surface area (Å²) in [5.74, 6) is -2.73. The molecule has 0 unspecified atom stereocenters. The number of aliphatic hydroxyl groups excluding tert-OH is 1. The maximum atomic E-state index is 13.9. The van der Waals surface area contributed by atoms with Gasteiger partial charge in [-0.05, 0) is 43.7 Å². The van der Waals surface area contributed by atoms with Crippen LogP contribution in [-0.2, 0) is 9.59 Å². The van der Waals surface area contributed by atoms with Gasteiger partial charge in [0.05, 0.1) is 30.0 Å².